The topological polar surface area (TPSA) is 14.2 Å². The molecule has 2 aromatic rings. The Morgan fingerprint density at radius 3 is 2.58 bits per heavy atom. The molecule has 6 heteroatoms. The number of halogens is 4. The van der Waals surface area contributed by atoms with Crippen LogP contribution in [-0.4, -0.2) is 10.9 Å². The molecule has 0 atom stereocenters. The van der Waals surface area contributed by atoms with Gasteiger partial charge in [-0.2, -0.15) is 0 Å². The van der Waals surface area contributed by atoms with Crippen molar-refractivity contribution < 1.29 is 22.3 Å². The van der Waals surface area contributed by atoms with E-state index in [0.717, 1.165) is 0 Å². The minimum absolute atomic E-state index is 0.353. The Kier molecular flexibility index (Phi) is 3.61. The van der Waals surface area contributed by atoms with Gasteiger partial charge in [0.2, 0.25) is 0 Å². The Morgan fingerprint density at radius 1 is 1.21 bits per heavy atom. The normalized spacial score (nSPS) is 11.8. The highest BCUT2D eigenvalue weighted by Crippen LogP contribution is 2.21. The van der Waals surface area contributed by atoms with Gasteiger partial charge in [-0.3, -0.25) is 4.74 Å². The largest absolute Gasteiger partial charge is 0.522 e. The molecule has 0 radical (unpaired) electrons. The molecule has 0 N–H and O–H groups in total. The van der Waals surface area contributed by atoms with E-state index in [1.54, 1.807) is 23.8 Å². The third-order valence-electron chi connectivity index (χ3n) is 2.59. The zero-order chi connectivity index (χ0) is 14.0. The molecule has 1 aromatic heterocycles. The van der Waals surface area contributed by atoms with E-state index < -0.39 is 13.0 Å². The van der Waals surface area contributed by atoms with Crippen molar-refractivity contribution in [3.63, 3.8) is 0 Å². The van der Waals surface area contributed by atoms with E-state index in [1.807, 2.05) is 0 Å². The zero-order valence-electron chi connectivity index (χ0n) is 10.0. The first-order chi connectivity index (χ1) is 8.85. The third-order valence-corrected chi connectivity index (χ3v) is 2.59. The van der Waals surface area contributed by atoms with Crippen LogP contribution in [0.4, 0.5) is 17.6 Å². The second-order valence-electron chi connectivity index (χ2n) is 4.09. The van der Waals surface area contributed by atoms with E-state index in [1.165, 1.54) is 24.4 Å². The highest BCUT2D eigenvalue weighted by atomic mass is 19.4. The van der Waals surface area contributed by atoms with Crippen molar-refractivity contribution in [3.8, 4) is 5.69 Å². The minimum atomic E-state index is -4.64. The summed E-state index contributed by atoms with van der Waals surface area (Å²) in [7, 11) is 0. The van der Waals surface area contributed by atoms with Gasteiger partial charge in [0.25, 0.3) is 0 Å². The van der Waals surface area contributed by atoms with Gasteiger partial charge in [0.05, 0.1) is 6.61 Å². The highest BCUT2D eigenvalue weighted by Gasteiger charge is 2.29. The zero-order valence-corrected chi connectivity index (χ0v) is 10.0. The highest BCUT2D eigenvalue weighted by molar-refractivity contribution is 5.41. The smallest absolute Gasteiger partial charge is 0.323 e. The molecule has 2 rings (SSSR count). The Balaban J connectivity index is 2.16. The maximum absolute atomic E-state index is 13.0. The molecule has 0 aliphatic carbocycles. The van der Waals surface area contributed by atoms with Gasteiger partial charge in [-0.05, 0) is 42.3 Å². The number of rotatable bonds is 3. The number of hydrogen-bond acceptors (Lipinski definition) is 1. The Hall–Kier alpha value is -1.82. The summed E-state index contributed by atoms with van der Waals surface area (Å²) in [5.41, 5.74) is 1.79. The lowest BCUT2D eigenvalue weighted by Crippen LogP contribution is -2.12. The molecule has 0 spiro atoms. The summed E-state index contributed by atoms with van der Waals surface area (Å²) in [5.74, 6) is -0.353. The van der Waals surface area contributed by atoms with E-state index in [-0.39, 0.29) is 5.82 Å². The summed E-state index contributed by atoms with van der Waals surface area (Å²) in [5, 5.41) is 0. The van der Waals surface area contributed by atoms with Crippen molar-refractivity contribution in [1.82, 2.24) is 4.57 Å². The van der Waals surface area contributed by atoms with Crippen molar-refractivity contribution in [1.29, 1.82) is 0 Å². The fourth-order valence-corrected chi connectivity index (χ4v) is 1.75. The van der Waals surface area contributed by atoms with Gasteiger partial charge in [0, 0.05) is 18.1 Å². The maximum Gasteiger partial charge on any atom is 0.522 e. The molecule has 102 valence electrons. The monoisotopic (exact) mass is 273 g/mol. The summed E-state index contributed by atoms with van der Waals surface area (Å²) >= 11 is 0. The summed E-state index contributed by atoms with van der Waals surface area (Å²) in [6, 6.07) is 5.75. The molecule has 2 nitrogen and oxygen atoms in total. The lowest BCUT2D eigenvalue weighted by molar-refractivity contribution is -0.330. The van der Waals surface area contributed by atoms with Crippen LogP contribution in [0.5, 0.6) is 0 Å². The van der Waals surface area contributed by atoms with Crippen LogP contribution in [0, 0.1) is 12.7 Å². The lowest BCUT2D eigenvalue weighted by atomic mass is 10.2. The number of benzene rings is 1. The van der Waals surface area contributed by atoms with Crippen LogP contribution in [0.1, 0.15) is 11.1 Å². The summed E-state index contributed by atoms with van der Waals surface area (Å²) in [6.45, 7) is 1.18. The number of nitrogens with zero attached hydrogens (tertiary/aromatic N) is 1. The van der Waals surface area contributed by atoms with Crippen LogP contribution in [-0.2, 0) is 11.3 Å². The second-order valence-corrected chi connectivity index (χ2v) is 4.09. The van der Waals surface area contributed by atoms with Crippen molar-refractivity contribution in [3.05, 3.63) is 53.6 Å². The van der Waals surface area contributed by atoms with E-state index in [0.29, 0.717) is 16.8 Å². The van der Waals surface area contributed by atoms with Crippen LogP contribution in [0.3, 0.4) is 0 Å². The maximum atomic E-state index is 13.0. The Labute approximate surface area is 107 Å². The summed E-state index contributed by atoms with van der Waals surface area (Å²) in [6.07, 6.45) is -1.52. The van der Waals surface area contributed by atoms with Crippen LogP contribution >= 0.6 is 0 Å². The molecule has 0 unspecified atom stereocenters. The molecule has 0 saturated heterocycles. The fourth-order valence-electron chi connectivity index (χ4n) is 1.75. The molecule has 1 aromatic carbocycles. The van der Waals surface area contributed by atoms with E-state index in [9.17, 15) is 17.6 Å². The first-order valence-electron chi connectivity index (χ1n) is 5.49. The van der Waals surface area contributed by atoms with Gasteiger partial charge in [0.1, 0.15) is 5.82 Å². The van der Waals surface area contributed by atoms with E-state index >= 15 is 0 Å². The first kappa shape index (κ1) is 13.6. The quantitative estimate of drug-likeness (QED) is 0.772. The number of aryl methyl sites for hydroxylation is 1. The summed E-state index contributed by atoms with van der Waals surface area (Å²) in [4.78, 5) is 0. The van der Waals surface area contributed by atoms with Crippen LogP contribution < -0.4 is 0 Å². The van der Waals surface area contributed by atoms with E-state index in [4.69, 9.17) is 0 Å². The Morgan fingerprint density at radius 2 is 1.95 bits per heavy atom. The molecule has 0 fully saturated rings. The van der Waals surface area contributed by atoms with Gasteiger partial charge in [0.15, 0.2) is 0 Å². The van der Waals surface area contributed by atoms with Crippen LogP contribution in [0.2, 0.25) is 0 Å². The minimum Gasteiger partial charge on any atom is -0.323 e. The van der Waals surface area contributed by atoms with Gasteiger partial charge < -0.3 is 4.57 Å². The van der Waals surface area contributed by atoms with Crippen LogP contribution in [0.25, 0.3) is 5.69 Å². The molecule has 0 amide bonds. The molecular formula is C13H11F4NO. The number of aromatic nitrogens is 1. The molecule has 19 heavy (non-hydrogen) atoms. The first-order valence-corrected chi connectivity index (χ1v) is 5.49. The van der Waals surface area contributed by atoms with Gasteiger partial charge >= 0.3 is 6.36 Å². The molecule has 1 heterocycles. The van der Waals surface area contributed by atoms with Gasteiger partial charge in [-0.15, -0.1) is 13.2 Å². The molecule has 0 bridgehead atoms. The van der Waals surface area contributed by atoms with Crippen molar-refractivity contribution in [2.75, 3.05) is 0 Å². The van der Waals surface area contributed by atoms with Crippen molar-refractivity contribution in [2.45, 2.75) is 19.9 Å². The van der Waals surface area contributed by atoms with Crippen molar-refractivity contribution >= 4 is 0 Å². The van der Waals surface area contributed by atoms with Crippen LogP contribution in [0.15, 0.2) is 36.7 Å². The molecule has 0 aliphatic rings. The predicted molar refractivity (Wildman–Crippen MR) is 61.3 cm³/mol. The molecular weight excluding hydrogens is 262 g/mol. The lowest BCUT2D eigenvalue weighted by Gasteiger charge is -2.07. The van der Waals surface area contributed by atoms with Crippen molar-refractivity contribution in [2.24, 2.45) is 0 Å². The second kappa shape index (κ2) is 5.05. The van der Waals surface area contributed by atoms with Gasteiger partial charge in [-0.1, -0.05) is 0 Å². The average molecular weight is 273 g/mol. The molecule has 0 saturated carbocycles. The number of alkyl halides is 3. The number of ether oxygens (including phenoxy) is 1. The average Bonchev–Trinajstić information content (AvgIpc) is 2.74. The van der Waals surface area contributed by atoms with E-state index in [2.05, 4.69) is 4.74 Å². The summed E-state index contributed by atoms with van der Waals surface area (Å²) < 4.78 is 54.1. The Bertz CT molecular complexity index is 574. The molecule has 0 aliphatic heterocycles. The standard InChI is InChI=1S/C13H11F4NO/c1-9-6-11(14)2-3-12(9)18-5-4-10(7-18)8-19-13(15,16)17/h2-7H,8H2,1H3. The predicted octanol–water partition coefficient (Wildman–Crippen LogP) is 3.96. The number of hydrogen-bond donors (Lipinski definition) is 0. The third kappa shape index (κ3) is 3.57. The fraction of sp³-hybridized carbons (Fsp3) is 0.231. The van der Waals surface area contributed by atoms with Gasteiger partial charge in [-0.25, -0.2) is 4.39 Å². The SMILES string of the molecule is Cc1cc(F)ccc1-n1ccc(COC(F)(F)F)c1.